The number of nitrogens with one attached hydrogen (secondary N) is 1. The fourth-order valence-corrected chi connectivity index (χ4v) is 2.63. The summed E-state index contributed by atoms with van der Waals surface area (Å²) >= 11 is 1.72. The van der Waals surface area contributed by atoms with Gasteiger partial charge in [-0.25, -0.2) is 0 Å². The minimum atomic E-state index is -0.163. The number of aliphatic hydroxyl groups is 1. The number of carbonyl (C=O) groups excluding carboxylic acids is 1. The molecule has 6 heteroatoms. The van der Waals surface area contributed by atoms with E-state index < -0.39 is 0 Å². The average Bonchev–Trinajstić information content (AvgIpc) is 2.96. The highest BCUT2D eigenvalue weighted by molar-refractivity contribution is 7.99. The second-order valence-electron chi connectivity index (χ2n) is 4.67. The van der Waals surface area contributed by atoms with Gasteiger partial charge in [0.1, 0.15) is 5.76 Å². The molecule has 2 N–H and O–H groups in total. The summed E-state index contributed by atoms with van der Waals surface area (Å²) in [7, 11) is 0. The summed E-state index contributed by atoms with van der Waals surface area (Å²) in [4.78, 5) is 14.1. The summed E-state index contributed by atoms with van der Waals surface area (Å²) in [5.74, 6) is 2.79. The Labute approximate surface area is 131 Å². The van der Waals surface area contributed by atoms with Crippen molar-refractivity contribution < 1.29 is 14.3 Å². The van der Waals surface area contributed by atoms with Crippen molar-refractivity contribution in [1.82, 2.24) is 10.2 Å². The van der Waals surface area contributed by atoms with E-state index in [9.17, 15) is 4.79 Å². The van der Waals surface area contributed by atoms with Crippen molar-refractivity contribution in [2.24, 2.45) is 0 Å². The predicted octanol–water partition coefficient (Wildman–Crippen LogP) is 1.97. The summed E-state index contributed by atoms with van der Waals surface area (Å²) in [6, 6.07) is 3.59. The van der Waals surface area contributed by atoms with Gasteiger partial charge in [0.25, 0.3) is 5.91 Å². The number of carbonyl (C=O) groups is 1. The zero-order valence-corrected chi connectivity index (χ0v) is 13.7. The van der Waals surface area contributed by atoms with E-state index in [0.717, 1.165) is 43.3 Å². The van der Waals surface area contributed by atoms with Crippen LogP contribution in [0.2, 0.25) is 0 Å². The Balaban J connectivity index is 2.30. The lowest BCUT2D eigenvalue weighted by molar-refractivity contribution is 0.0925. The van der Waals surface area contributed by atoms with Crippen LogP contribution in [0.3, 0.4) is 0 Å². The third-order valence-electron chi connectivity index (χ3n) is 3.14. The van der Waals surface area contributed by atoms with Crippen LogP contribution in [-0.2, 0) is 6.54 Å². The highest BCUT2D eigenvalue weighted by atomic mass is 32.2. The first-order chi connectivity index (χ1) is 10.2. The Morgan fingerprint density at radius 1 is 1.33 bits per heavy atom. The van der Waals surface area contributed by atoms with Crippen LogP contribution < -0.4 is 5.32 Å². The second-order valence-corrected chi connectivity index (χ2v) is 5.90. The van der Waals surface area contributed by atoms with Gasteiger partial charge in [-0.3, -0.25) is 9.69 Å². The van der Waals surface area contributed by atoms with Gasteiger partial charge in [0.2, 0.25) is 0 Å². The van der Waals surface area contributed by atoms with Gasteiger partial charge >= 0.3 is 0 Å². The fraction of sp³-hybridized carbons (Fsp3) is 0.667. The molecule has 1 heterocycles. The van der Waals surface area contributed by atoms with E-state index in [0.29, 0.717) is 12.3 Å². The summed E-state index contributed by atoms with van der Waals surface area (Å²) in [6.45, 7) is 7.70. The predicted molar refractivity (Wildman–Crippen MR) is 86.7 cm³/mol. The number of furan rings is 1. The molecule has 0 unspecified atom stereocenters. The van der Waals surface area contributed by atoms with Crippen molar-refractivity contribution in [3.05, 3.63) is 23.7 Å². The smallest absolute Gasteiger partial charge is 0.287 e. The Hall–Kier alpha value is -0.980. The van der Waals surface area contributed by atoms with Gasteiger partial charge in [-0.1, -0.05) is 13.8 Å². The molecular formula is C15H26N2O3S. The molecule has 120 valence electrons. The summed E-state index contributed by atoms with van der Waals surface area (Å²) in [6.07, 6.45) is 0.797. The highest BCUT2D eigenvalue weighted by Crippen LogP contribution is 2.10. The molecule has 21 heavy (non-hydrogen) atoms. The highest BCUT2D eigenvalue weighted by Gasteiger charge is 2.11. The molecule has 5 nitrogen and oxygen atoms in total. The number of hydrogen-bond donors (Lipinski definition) is 2. The number of hydrogen-bond acceptors (Lipinski definition) is 5. The monoisotopic (exact) mass is 314 g/mol. The van der Waals surface area contributed by atoms with Crippen molar-refractivity contribution in [3.8, 4) is 0 Å². The van der Waals surface area contributed by atoms with Crippen LogP contribution in [0.4, 0.5) is 0 Å². The van der Waals surface area contributed by atoms with E-state index >= 15 is 0 Å². The average molecular weight is 314 g/mol. The second kappa shape index (κ2) is 10.7. The molecule has 0 spiro atoms. The van der Waals surface area contributed by atoms with Gasteiger partial charge < -0.3 is 14.8 Å². The zero-order valence-electron chi connectivity index (χ0n) is 12.9. The summed E-state index contributed by atoms with van der Waals surface area (Å²) < 4.78 is 5.58. The number of amides is 1. The lowest BCUT2D eigenvalue weighted by Crippen LogP contribution is -2.25. The Kier molecular flexibility index (Phi) is 9.21. The van der Waals surface area contributed by atoms with Crippen molar-refractivity contribution in [2.45, 2.75) is 26.8 Å². The van der Waals surface area contributed by atoms with E-state index in [4.69, 9.17) is 9.52 Å². The van der Waals surface area contributed by atoms with E-state index in [-0.39, 0.29) is 12.5 Å². The van der Waals surface area contributed by atoms with E-state index in [1.54, 1.807) is 17.8 Å². The number of aliphatic hydroxyl groups excluding tert-OH is 1. The molecule has 0 fully saturated rings. The molecule has 1 amide bonds. The van der Waals surface area contributed by atoms with Crippen LogP contribution in [0.5, 0.6) is 0 Å². The van der Waals surface area contributed by atoms with Crippen LogP contribution in [0.1, 0.15) is 36.6 Å². The van der Waals surface area contributed by atoms with E-state index in [2.05, 4.69) is 24.1 Å². The molecule has 0 aromatic carbocycles. The van der Waals surface area contributed by atoms with Gasteiger partial charge in [-0.05, 0) is 37.4 Å². The Morgan fingerprint density at radius 3 is 2.76 bits per heavy atom. The normalized spacial score (nSPS) is 11.0. The molecule has 0 atom stereocenters. The molecule has 0 saturated heterocycles. The van der Waals surface area contributed by atoms with Gasteiger partial charge in [-0.15, -0.1) is 0 Å². The number of thioether (sulfide) groups is 1. The molecule has 0 aliphatic heterocycles. The van der Waals surface area contributed by atoms with Crippen LogP contribution in [0, 0.1) is 0 Å². The van der Waals surface area contributed by atoms with Gasteiger partial charge in [0, 0.05) is 18.9 Å². The maximum atomic E-state index is 11.9. The van der Waals surface area contributed by atoms with E-state index in [1.165, 1.54) is 0 Å². The first-order valence-electron chi connectivity index (χ1n) is 7.49. The molecule has 1 rings (SSSR count). The molecule has 0 bridgehead atoms. The lowest BCUT2D eigenvalue weighted by atomic mass is 10.3. The summed E-state index contributed by atoms with van der Waals surface area (Å²) in [5.41, 5.74) is 0. The minimum absolute atomic E-state index is 0.163. The number of nitrogens with zero attached hydrogens (tertiary/aromatic N) is 1. The molecule has 0 aliphatic carbocycles. The zero-order chi connectivity index (χ0) is 15.5. The number of rotatable bonds is 11. The van der Waals surface area contributed by atoms with Crippen molar-refractivity contribution in [2.75, 3.05) is 37.7 Å². The summed E-state index contributed by atoms with van der Waals surface area (Å²) in [5, 5.41) is 11.5. The van der Waals surface area contributed by atoms with Crippen LogP contribution >= 0.6 is 11.8 Å². The molecular weight excluding hydrogens is 288 g/mol. The first kappa shape index (κ1) is 18.1. The van der Waals surface area contributed by atoms with E-state index in [1.807, 2.05) is 6.07 Å². The van der Waals surface area contributed by atoms with Crippen LogP contribution in [0.25, 0.3) is 0 Å². The molecule has 0 aliphatic rings. The molecule has 1 aromatic rings. The Bertz CT molecular complexity index is 405. The lowest BCUT2D eigenvalue weighted by Gasteiger charge is -2.15. The first-order valence-corrected chi connectivity index (χ1v) is 8.64. The molecule has 0 radical (unpaired) electrons. The maximum absolute atomic E-state index is 11.9. The van der Waals surface area contributed by atoms with Crippen molar-refractivity contribution in [3.63, 3.8) is 0 Å². The largest absolute Gasteiger partial charge is 0.455 e. The maximum Gasteiger partial charge on any atom is 0.287 e. The third-order valence-corrected chi connectivity index (χ3v) is 4.21. The van der Waals surface area contributed by atoms with Crippen molar-refractivity contribution in [1.29, 1.82) is 0 Å². The molecule has 0 saturated carbocycles. The minimum Gasteiger partial charge on any atom is -0.455 e. The van der Waals surface area contributed by atoms with Gasteiger partial charge in [-0.2, -0.15) is 11.8 Å². The standard InChI is InChI=1S/C15H26N2O3S/c1-3-17(4-2)12-13-6-7-14(20-13)15(19)16-8-11-21-10-5-9-18/h6-7,18H,3-5,8-12H2,1-2H3,(H,16,19). The molecule has 1 aromatic heterocycles. The van der Waals surface area contributed by atoms with Gasteiger partial charge in [0.05, 0.1) is 6.54 Å². The van der Waals surface area contributed by atoms with Crippen LogP contribution in [-0.4, -0.2) is 53.7 Å². The Morgan fingerprint density at radius 2 is 2.10 bits per heavy atom. The fourth-order valence-electron chi connectivity index (χ4n) is 1.85. The topological polar surface area (TPSA) is 65.7 Å². The SMILES string of the molecule is CCN(CC)Cc1ccc(C(=O)NCCSCCCO)o1. The van der Waals surface area contributed by atoms with Crippen molar-refractivity contribution >= 4 is 17.7 Å². The third kappa shape index (κ3) is 7.02. The quantitative estimate of drug-likeness (QED) is 0.611. The van der Waals surface area contributed by atoms with Gasteiger partial charge in [0.15, 0.2) is 5.76 Å². The van der Waals surface area contributed by atoms with Crippen LogP contribution in [0.15, 0.2) is 16.5 Å².